The number of hydrogen-bond donors (Lipinski definition) is 2. The Kier molecular flexibility index (Phi) is 4.85. The van der Waals surface area contributed by atoms with Crippen molar-refractivity contribution in [3.05, 3.63) is 34.7 Å². The molecule has 1 saturated heterocycles. The van der Waals surface area contributed by atoms with Crippen LogP contribution in [-0.2, 0) is 4.79 Å². The van der Waals surface area contributed by atoms with Crippen molar-refractivity contribution in [3.8, 4) is 11.3 Å². The van der Waals surface area contributed by atoms with Crippen LogP contribution in [0.1, 0.15) is 24.3 Å². The number of hydrogen-bond acceptors (Lipinski definition) is 4. The monoisotopic (exact) mass is 315 g/mol. The van der Waals surface area contributed by atoms with Crippen molar-refractivity contribution in [3.63, 3.8) is 0 Å². The average Bonchev–Trinajstić information content (AvgIpc) is 3.17. The molecule has 0 bridgehead atoms. The molecule has 2 N–H and O–H groups in total. The molecular formula is C17H21N3OS. The highest BCUT2D eigenvalue weighted by atomic mass is 32.1. The van der Waals surface area contributed by atoms with Gasteiger partial charge < -0.3 is 10.6 Å². The third kappa shape index (κ3) is 3.93. The highest BCUT2D eigenvalue weighted by Gasteiger charge is 2.15. The summed E-state index contributed by atoms with van der Waals surface area (Å²) in [6.45, 7) is 4.14. The van der Waals surface area contributed by atoms with Gasteiger partial charge in [-0.1, -0.05) is 12.1 Å². The zero-order valence-corrected chi connectivity index (χ0v) is 13.6. The van der Waals surface area contributed by atoms with Gasteiger partial charge in [-0.25, -0.2) is 4.98 Å². The molecule has 4 nitrogen and oxygen atoms in total. The van der Waals surface area contributed by atoms with Crippen molar-refractivity contribution >= 4 is 22.9 Å². The zero-order chi connectivity index (χ0) is 15.4. The topological polar surface area (TPSA) is 54.0 Å². The van der Waals surface area contributed by atoms with Crippen LogP contribution in [0.4, 0.5) is 5.69 Å². The Morgan fingerprint density at radius 3 is 2.86 bits per heavy atom. The van der Waals surface area contributed by atoms with E-state index in [0.29, 0.717) is 12.3 Å². The van der Waals surface area contributed by atoms with E-state index in [9.17, 15) is 4.79 Å². The summed E-state index contributed by atoms with van der Waals surface area (Å²) >= 11 is 1.65. The molecule has 2 heterocycles. The maximum atomic E-state index is 12.0. The number of carbonyl (C=O) groups is 1. The van der Waals surface area contributed by atoms with Crippen molar-refractivity contribution in [2.75, 3.05) is 18.4 Å². The Morgan fingerprint density at radius 2 is 2.23 bits per heavy atom. The lowest BCUT2D eigenvalue weighted by Gasteiger charge is -2.09. The number of anilines is 1. The van der Waals surface area contributed by atoms with Crippen LogP contribution in [0.15, 0.2) is 29.6 Å². The standard InChI is InChI=1S/C17H21N3OS/c1-12-19-16(11-22-12)14-3-5-15(6-4-14)20-17(21)7-2-13-8-9-18-10-13/h3-6,11,13,18H,2,7-10H2,1H3,(H,20,21). The smallest absolute Gasteiger partial charge is 0.224 e. The van der Waals surface area contributed by atoms with Gasteiger partial charge in [-0.2, -0.15) is 0 Å². The van der Waals surface area contributed by atoms with E-state index in [1.165, 1.54) is 6.42 Å². The molecule has 116 valence electrons. The van der Waals surface area contributed by atoms with Gasteiger partial charge in [0.25, 0.3) is 0 Å². The molecular weight excluding hydrogens is 294 g/mol. The maximum absolute atomic E-state index is 12.0. The molecule has 1 fully saturated rings. The summed E-state index contributed by atoms with van der Waals surface area (Å²) in [4.78, 5) is 16.5. The summed E-state index contributed by atoms with van der Waals surface area (Å²) < 4.78 is 0. The molecule has 1 aromatic heterocycles. The maximum Gasteiger partial charge on any atom is 0.224 e. The molecule has 1 atom stereocenters. The molecule has 3 rings (SSSR count). The summed E-state index contributed by atoms with van der Waals surface area (Å²) in [6, 6.07) is 7.90. The third-order valence-electron chi connectivity index (χ3n) is 4.03. The minimum Gasteiger partial charge on any atom is -0.326 e. The van der Waals surface area contributed by atoms with Gasteiger partial charge in [-0.05, 0) is 50.9 Å². The van der Waals surface area contributed by atoms with Crippen LogP contribution in [-0.4, -0.2) is 24.0 Å². The molecule has 5 heteroatoms. The Balaban J connectivity index is 1.53. The van der Waals surface area contributed by atoms with Crippen molar-refractivity contribution in [2.45, 2.75) is 26.2 Å². The molecule has 1 aliphatic rings. The third-order valence-corrected chi connectivity index (χ3v) is 4.80. The first kappa shape index (κ1) is 15.2. The molecule has 22 heavy (non-hydrogen) atoms. The molecule has 1 amide bonds. The Hall–Kier alpha value is -1.72. The lowest BCUT2D eigenvalue weighted by molar-refractivity contribution is -0.116. The predicted octanol–water partition coefficient (Wildman–Crippen LogP) is 3.45. The molecule has 1 aromatic carbocycles. The summed E-state index contributed by atoms with van der Waals surface area (Å²) in [5, 5.41) is 9.42. The van der Waals surface area contributed by atoms with Crippen molar-refractivity contribution in [2.24, 2.45) is 5.92 Å². The van der Waals surface area contributed by atoms with E-state index in [2.05, 4.69) is 21.0 Å². The second-order valence-electron chi connectivity index (χ2n) is 5.77. The summed E-state index contributed by atoms with van der Waals surface area (Å²) in [5.41, 5.74) is 2.93. The van der Waals surface area contributed by atoms with Crippen molar-refractivity contribution in [1.29, 1.82) is 0 Å². The van der Waals surface area contributed by atoms with Crippen LogP contribution >= 0.6 is 11.3 Å². The van der Waals surface area contributed by atoms with E-state index >= 15 is 0 Å². The molecule has 2 aromatic rings. The van der Waals surface area contributed by atoms with Gasteiger partial charge in [0.15, 0.2) is 0 Å². The fraction of sp³-hybridized carbons (Fsp3) is 0.412. The largest absolute Gasteiger partial charge is 0.326 e. The predicted molar refractivity (Wildman–Crippen MR) is 91.1 cm³/mol. The lowest BCUT2D eigenvalue weighted by Crippen LogP contribution is -2.14. The van der Waals surface area contributed by atoms with Crippen molar-refractivity contribution in [1.82, 2.24) is 10.3 Å². The summed E-state index contributed by atoms with van der Waals surface area (Å²) in [7, 11) is 0. The van der Waals surface area contributed by atoms with E-state index in [1.807, 2.05) is 31.2 Å². The van der Waals surface area contributed by atoms with Gasteiger partial charge >= 0.3 is 0 Å². The van der Waals surface area contributed by atoms with Gasteiger partial charge in [0.2, 0.25) is 5.91 Å². The minimum absolute atomic E-state index is 0.101. The SMILES string of the molecule is Cc1nc(-c2ccc(NC(=O)CCC3CCNC3)cc2)cs1. The number of aryl methyl sites for hydroxylation is 1. The quantitative estimate of drug-likeness (QED) is 0.888. The van der Waals surface area contributed by atoms with Gasteiger partial charge in [0, 0.05) is 23.1 Å². The second-order valence-corrected chi connectivity index (χ2v) is 6.84. The van der Waals surface area contributed by atoms with E-state index in [1.54, 1.807) is 11.3 Å². The van der Waals surface area contributed by atoms with E-state index in [0.717, 1.165) is 41.5 Å². The van der Waals surface area contributed by atoms with Crippen LogP contribution < -0.4 is 10.6 Å². The normalized spacial score (nSPS) is 17.6. The van der Waals surface area contributed by atoms with Crippen molar-refractivity contribution < 1.29 is 4.79 Å². The van der Waals surface area contributed by atoms with E-state index in [-0.39, 0.29) is 5.91 Å². The van der Waals surface area contributed by atoms with Crippen LogP contribution in [0, 0.1) is 12.8 Å². The Bertz CT molecular complexity index is 630. The van der Waals surface area contributed by atoms with E-state index < -0.39 is 0 Å². The lowest BCUT2D eigenvalue weighted by atomic mass is 10.0. The molecule has 0 spiro atoms. The highest BCUT2D eigenvalue weighted by Crippen LogP contribution is 2.23. The molecule has 1 aliphatic heterocycles. The van der Waals surface area contributed by atoms with Gasteiger partial charge in [0.05, 0.1) is 10.7 Å². The summed E-state index contributed by atoms with van der Waals surface area (Å²) in [5.74, 6) is 0.755. The second kappa shape index (κ2) is 7.03. The number of rotatable bonds is 5. The molecule has 1 unspecified atom stereocenters. The first-order valence-corrected chi connectivity index (χ1v) is 8.62. The zero-order valence-electron chi connectivity index (χ0n) is 12.8. The average molecular weight is 315 g/mol. The fourth-order valence-electron chi connectivity index (χ4n) is 2.74. The molecule has 0 saturated carbocycles. The first-order chi connectivity index (χ1) is 10.7. The van der Waals surface area contributed by atoms with Crippen LogP contribution in [0.25, 0.3) is 11.3 Å². The van der Waals surface area contributed by atoms with Crippen LogP contribution in [0.3, 0.4) is 0 Å². The number of aromatic nitrogens is 1. The molecule has 0 aliphatic carbocycles. The van der Waals surface area contributed by atoms with Gasteiger partial charge in [0.1, 0.15) is 0 Å². The fourth-order valence-corrected chi connectivity index (χ4v) is 3.36. The van der Waals surface area contributed by atoms with Crippen LogP contribution in [0.2, 0.25) is 0 Å². The number of nitrogens with zero attached hydrogens (tertiary/aromatic N) is 1. The van der Waals surface area contributed by atoms with E-state index in [4.69, 9.17) is 0 Å². The van der Waals surface area contributed by atoms with Gasteiger partial charge in [-0.15, -0.1) is 11.3 Å². The number of amides is 1. The van der Waals surface area contributed by atoms with Crippen LogP contribution in [0.5, 0.6) is 0 Å². The highest BCUT2D eigenvalue weighted by molar-refractivity contribution is 7.09. The first-order valence-electron chi connectivity index (χ1n) is 7.74. The summed E-state index contributed by atoms with van der Waals surface area (Å²) in [6.07, 6.45) is 2.75. The number of nitrogens with one attached hydrogen (secondary N) is 2. The molecule has 0 radical (unpaired) electrons. The Labute approximate surface area is 135 Å². The minimum atomic E-state index is 0.101. The number of benzene rings is 1. The number of carbonyl (C=O) groups excluding carboxylic acids is 1. The number of thiazole rings is 1. The van der Waals surface area contributed by atoms with Gasteiger partial charge in [-0.3, -0.25) is 4.79 Å². The Morgan fingerprint density at radius 1 is 1.41 bits per heavy atom.